The Labute approximate surface area is 226 Å². The fourth-order valence-electron chi connectivity index (χ4n) is 2.48. The maximum atomic E-state index is 8.47. The Morgan fingerprint density at radius 3 is 1.24 bits per heavy atom. The van der Waals surface area contributed by atoms with Crippen LogP contribution in [0.15, 0.2) is 109 Å². The van der Waals surface area contributed by atoms with Crippen LogP contribution in [0.4, 0.5) is 5.69 Å². The number of ether oxygens (including phenoxy) is 3. The van der Waals surface area contributed by atoms with Crippen LogP contribution in [0.2, 0.25) is 0 Å². The fraction of sp³-hybridized carbons (Fsp3) is 0.156. The zero-order chi connectivity index (χ0) is 28.4. The third-order valence-electron chi connectivity index (χ3n) is 4.37. The molecule has 0 saturated heterocycles. The van der Waals surface area contributed by atoms with Gasteiger partial charge in [-0.2, -0.15) is 10.5 Å². The average Bonchev–Trinajstić information content (AvgIpc) is 2.99. The summed E-state index contributed by atoms with van der Waals surface area (Å²) in [4.78, 5) is 3.17. The number of methoxy groups -OCH3 is 3. The molecule has 0 spiro atoms. The molecule has 0 aliphatic carbocycles. The van der Waals surface area contributed by atoms with Gasteiger partial charge >= 0.3 is 0 Å². The summed E-state index contributed by atoms with van der Waals surface area (Å²) in [5.74, 6) is 1.82. The first-order chi connectivity index (χ1) is 18.5. The van der Waals surface area contributed by atoms with E-state index >= 15 is 0 Å². The summed E-state index contributed by atoms with van der Waals surface area (Å²) in [6, 6.07) is 37.7. The van der Waals surface area contributed by atoms with Crippen molar-refractivity contribution >= 4 is 5.69 Å². The molecule has 0 aliphatic rings. The van der Waals surface area contributed by atoms with Gasteiger partial charge in [-0.1, -0.05) is 78.9 Å². The van der Waals surface area contributed by atoms with Crippen LogP contribution < -0.4 is 9.47 Å². The molecule has 38 heavy (non-hydrogen) atoms. The molecule has 0 unspecified atom stereocenters. The van der Waals surface area contributed by atoms with Crippen molar-refractivity contribution in [1.29, 1.82) is 10.5 Å². The molecule has 6 heteroatoms. The summed E-state index contributed by atoms with van der Waals surface area (Å²) >= 11 is 0. The molecule has 4 rings (SSSR count). The molecular formula is C32H33N3O3. The quantitative estimate of drug-likeness (QED) is 0.261. The van der Waals surface area contributed by atoms with Crippen molar-refractivity contribution in [3.05, 3.63) is 137 Å². The standard InChI is InChI=1S/C8H4N2.C8H7N.2C7H8O.C2H6O/c1-10-8-5-3-2-4-7(8)6-9;1-7-4-2-3-5-8(7)6-9;2*1-8-7-5-3-2-4-6-7;1-3-2/h2-5H;2-5H,1H3;2*2-6H,1H3;1-2H3. The van der Waals surface area contributed by atoms with E-state index in [4.69, 9.17) is 26.6 Å². The lowest BCUT2D eigenvalue weighted by atomic mass is 10.1. The molecule has 0 heterocycles. The van der Waals surface area contributed by atoms with Crippen LogP contribution in [-0.2, 0) is 4.74 Å². The number of benzene rings is 4. The van der Waals surface area contributed by atoms with Crippen molar-refractivity contribution in [3.63, 3.8) is 0 Å². The van der Waals surface area contributed by atoms with E-state index in [2.05, 4.69) is 15.7 Å². The third-order valence-corrected chi connectivity index (χ3v) is 4.37. The summed E-state index contributed by atoms with van der Waals surface area (Å²) in [5, 5.41) is 16.9. The van der Waals surface area contributed by atoms with Gasteiger partial charge in [0.2, 0.25) is 5.69 Å². The van der Waals surface area contributed by atoms with Crippen molar-refractivity contribution in [2.24, 2.45) is 0 Å². The van der Waals surface area contributed by atoms with Crippen molar-refractivity contribution in [3.8, 4) is 23.6 Å². The molecule has 4 aromatic rings. The Balaban J connectivity index is 0.000000465. The lowest BCUT2D eigenvalue weighted by molar-refractivity contribution is 0.277. The highest BCUT2D eigenvalue weighted by Crippen LogP contribution is 2.16. The van der Waals surface area contributed by atoms with E-state index in [-0.39, 0.29) is 0 Å². The summed E-state index contributed by atoms with van der Waals surface area (Å²) in [6.07, 6.45) is 0. The molecule has 194 valence electrons. The number of hydrogen-bond acceptors (Lipinski definition) is 5. The zero-order valence-corrected chi connectivity index (χ0v) is 22.5. The first-order valence-corrected chi connectivity index (χ1v) is 11.4. The summed E-state index contributed by atoms with van der Waals surface area (Å²) < 4.78 is 14.1. The van der Waals surface area contributed by atoms with Crippen LogP contribution in [0.5, 0.6) is 11.5 Å². The van der Waals surface area contributed by atoms with E-state index in [9.17, 15) is 0 Å². The van der Waals surface area contributed by atoms with E-state index in [1.54, 1.807) is 52.7 Å². The second kappa shape index (κ2) is 22.4. The third kappa shape index (κ3) is 15.0. The van der Waals surface area contributed by atoms with Gasteiger partial charge in [-0.25, -0.2) is 4.85 Å². The van der Waals surface area contributed by atoms with Gasteiger partial charge < -0.3 is 14.2 Å². The number of aryl methyl sites for hydroxylation is 1. The van der Waals surface area contributed by atoms with Crippen LogP contribution in [0.3, 0.4) is 0 Å². The average molecular weight is 508 g/mol. The minimum atomic E-state index is 0.421. The minimum Gasteiger partial charge on any atom is -0.497 e. The predicted octanol–water partition coefficient (Wildman–Crippen LogP) is 7.63. The Kier molecular flexibility index (Phi) is 19.4. The smallest absolute Gasteiger partial charge is 0.204 e. The second-order valence-corrected chi connectivity index (χ2v) is 7.11. The van der Waals surface area contributed by atoms with Crippen LogP contribution >= 0.6 is 0 Å². The van der Waals surface area contributed by atoms with Crippen molar-refractivity contribution in [2.75, 3.05) is 28.4 Å². The summed E-state index contributed by atoms with van der Waals surface area (Å²) in [7, 11) is 6.57. The second-order valence-electron chi connectivity index (χ2n) is 7.11. The van der Waals surface area contributed by atoms with Crippen LogP contribution in [-0.4, -0.2) is 28.4 Å². The minimum absolute atomic E-state index is 0.421. The highest BCUT2D eigenvalue weighted by atomic mass is 16.5. The van der Waals surface area contributed by atoms with Crippen LogP contribution in [0, 0.1) is 36.2 Å². The van der Waals surface area contributed by atoms with Crippen LogP contribution in [0.1, 0.15) is 16.7 Å². The van der Waals surface area contributed by atoms with E-state index in [0.29, 0.717) is 11.3 Å². The number of rotatable bonds is 2. The first kappa shape index (κ1) is 32.9. The van der Waals surface area contributed by atoms with Gasteiger partial charge in [-0.3, -0.25) is 0 Å². The molecular weight excluding hydrogens is 474 g/mol. The van der Waals surface area contributed by atoms with E-state index in [1.165, 1.54) is 0 Å². The molecule has 0 saturated carbocycles. The first-order valence-electron chi connectivity index (χ1n) is 11.4. The lowest BCUT2D eigenvalue weighted by Gasteiger charge is -1.93. The summed E-state index contributed by atoms with van der Waals surface area (Å²) in [6.45, 7) is 8.59. The molecule has 0 amide bonds. The molecule has 4 aromatic carbocycles. The Morgan fingerprint density at radius 2 is 0.947 bits per heavy atom. The zero-order valence-electron chi connectivity index (χ0n) is 22.5. The number of para-hydroxylation sites is 3. The van der Waals surface area contributed by atoms with Gasteiger partial charge in [-0.15, -0.1) is 0 Å². The van der Waals surface area contributed by atoms with Gasteiger partial charge in [0.1, 0.15) is 11.5 Å². The van der Waals surface area contributed by atoms with Crippen LogP contribution in [0.25, 0.3) is 4.85 Å². The maximum Gasteiger partial charge on any atom is 0.204 e. The highest BCUT2D eigenvalue weighted by molar-refractivity contribution is 5.57. The van der Waals surface area contributed by atoms with Gasteiger partial charge in [0.15, 0.2) is 0 Å². The molecule has 0 radical (unpaired) electrons. The number of nitriles is 2. The molecule has 0 atom stereocenters. The molecule has 0 N–H and O–H groups in total. The van der Waals surface area contributed by atoms with Crippen molar-refractivity contribution in [2.45, 2.75) is 6.92 Å². The lowest BCUT2D eigenvalue weighted by Crippen LogP contribution is -1.78. The van der Waals surface area contributed by atoms with Crippen molar-refractivity contribution in [1.82, 2.24) is 0 Å². The molecule has 6 nitrogen and oxygen atoms in total. The van der Waals surface area contributed by atoms with E-state index in [0.717, 1.165) is 22.6 Å². The number of hydrogen-bond donors (Lipinski definition) is 0. The SMILES string of the molecule is COC.COc1ccccc1.COc1ccccc1.Cc1ccccc1C#N.[C-]#[N+]c1ccccc1C#N. The molecule has 0 aromatic heterocycles. The molecule has 0 bridgehead atoms. The Hall–Kier alpha value is -5.09. The Bertz CT molecular complexity index is 1200. The summed E-state index contributed by atoms with van der Waals surface area (Å²) in [5.41, 5.74) is 2.67. The Morgan fingerprint density at radius 1 is 0.579 bits per heavy atom. The largest absolute Gasteiger partial charge is 0.497 e. The van der Waals surface area contributed by atoms with Gasteiger partial charge in [0.25, 0.3) is 0 Å². The van der Waals surface area contributed by atoms with Gasteiger partial charge in [0.05, 0.1) is 44.1 Å². The topological polar surface area (TPSA) is 79.6 Å². The van der Waals surface area contributed by atoms with E-state index < -0.39 is 0 Å². The van der Waals surface area contributed by atoms with E-state index in [1.807, 2.05) is 97.9 Å². The van der Waals surface area contributed by atoms with Crippen molar-refractivity contribution < 1.29 is 14.2 Å². The highest BCUT2D eigenvalue weighted by Gasteiger charge is 1.96. The monoisotopic (exact) mass is 507 g/mol. The fourth-order valence-corrected chi connectivity index (χ4v) is 2.48. The normalized spacial score (nSPS) is 8.16. The maximum absolute atomic E-state index is 8.47. The van der Waals surface area contributed by atoms with Gasteiger partial charge in [-0.05, 0) is 42.8 Å². The molecule has 0 fully saturated rings. The number of nitrogens with zero attached hydrogens (tertiary/aromatic N) is 3. The predicted molar refractivity (Wildman–Crippen MR) is 152 cm³/mol. The molecule has 0 aliphatic heterocycles. The van der Waals surface area contributed by atoms with Gasteiger partial charge in [0, 0.05) is 14.2 Å².